The lowest BCUT2D eigenvalue weighted by molar-refractivity contribution is 0.0977. The minimum Gasteiger partial charge on any atom is -0.507 e. The molecule has 0 aliphatic heterocycles. The van der Waals surface area contributed by atoms with Crippen molar-refractivity contribution < 1.29 is 14.6 Å². The van der Waals surface area contributed by atoms with E-state index in [4.69, 9.17) is 17.0 Å². The Morgan fingerprint density at radius 1 is 1.13 bits per heavy atom. The number of carbonyl (C=O) groups is 1. The molecule has 1 heterocycles. The number of thiocarbonyl (C=S) groups is 1. The predicted octanol–water partition coefficient (Wildman–Crippen LogP) is 5.11. The third-order valence-corrected chi connectivity index (χ3v) is 5.92. The van der Waals surface area contributed by atoms with Gasteiger partial charge in [0.15, 0.2) is 5.11 Å². The number of rotatable bonds is 4. The van der Waals surface area contributed by atoms with Gasteiger partial charge < -0.3 is 15.2 Å². The molecule has 0 aliphatic rings. The fraction of sp³-hybridized carbons (Fsp3) is 0.0870. The second kappa shape index (κ2) is 8.71. The molecule has 4 rings (SSSR count). The van der Waals surface area contributed by atoms with Crippen LogP contribution in [-0.2, 0) is 0 Å². The summed E-state index contributed by atoms with van der Waals surface area (Å²) in [6.45, 7) is 1.80. The number of hydrogen-bond donors (Lipinski definition) is 3. The molecule has 8 heteroatoms. The van der Waals surface area contributed by atoms with E-state index in [1.54, 1.807) is 50.4 Å². The highest BCUT2D eigenvalue weighted by atomic mass is 32.1. The number of aromatic hydroxyl groups is 1. The zero-order chi connectivity index (χ0) is 22.0. The molecule has 0 saturated carbocycles. The molecule has 31 heavy (non-hydrogen) atoms. The maximum Gasteiger partial charge on any atom is 0.257 e. The first-order valence-corrected chi connectivity index (χ1v) is 10.6. The van der Waals surface area contributed by atoms with Crippen molar-refractivity contribution in [3.8, 4) is 22.1 Å². The smallest absolute Gasteiger partial charge is 0.257 e. The fourth-order valence-electron chi connectivity index (χ4n) is 3.10. The highest BCUT2D eigenvalue weighted by Gasteiger charge is 2.15. The van der Waals surface area contributed by atoms with Crippen LogP contribution in [0.4, 0.5) is 5.69 Å². The van der Waals surface area contributed by atoms with E-state index in [-0.39, 0.29) is 16.8 Å². The molecule has 0 spiro atoms. The summed E-state index contributed by atoms with van der Waals surface area (Å²) in [7, 11) is 1.54. The van der Waals surface area contributed by atoms with Gasteiger partial charge in [-0.1, -0.05) is 18.2 Å². The number of para-hydroxylation sites is 1. The van der Waals surface area contributed by atoms with Gasteiger partial charge in [-0.15, -0.1) is 11.3 Å². The van der Waals surface area contributed by atoms with E-state index >= 15 is 0 Å². The summed E-state index contributed by atoms with van der Waals surface area (Å²) in [5.41, 5.74) is 3.21. The number of methoxy groups -OCH3 is 1. The number of thiazole rings is 1. The summed E-state index contributed by atoms with van der Waals surface area (Å²) in [5.74, 6) is 0.399. The van der Waals surface area contributed by atoms with Gasteiger partial charge in [0.1, 0.15) is 16.5 Å². The third kappa shape index (κ3) is 4.50. The van der Waals surface area contributed by atoms with E-state index in [0.717, 1.165) is 10.2 Å². The lowest BCUT2D eigenvalue weighted by Crippen LogP contribution is -2.34. The monoisotopic (exact) mass is 449 g/mol. The van der Waals surface area contributed by atoms with E-state index in [9.17, 15) is 9.90 Å². The summed E-state index contributed by atoms with van der Waals surface area (Å²) < 4.78 is 6.19. The molecule has 0 aliphatic carbocycles. The third-order valence-electron chi connectivity index (χ3n) is 4.64. The van der Waals surface area contributed by atoms with Crippen molar-refractivity contribution >= 4 is 50.5 Å². The second-order valence-electron chi connectivity index (χ2n) is 6.82. The molecule has 0 unspecified atom stereocenters. The Hall–Kier alpha value is -3.49. The van der Waals surface area contributed by atoms with Gasteiger partial charge in [0.25, 0.3) is 5.91 Å². The van der Waals surface area contributed by atoms with Crippen LogP contribution in [0.5, 0.6) is 11.5 Å². The number of phenolic OH excluding ortho intramolecular Hbond substituents is 1. The summed E-state index contributed by atoms with van der Waals surface area (Å²) in [5, 5.41) is 17.1. The Bertz CT molecular complexity index is 1270. The Morgan fingerprint density at radius 3 is 2.71 bits per heavy atom. The second-order valence-corrected chi connectivity index (χ2v) is 8.26. The van der Waals surface area contributed by atoms with Crippen LogP contribution in [-0.4, -0.2) is 28.2 Å². The van der Waals surface area contributed by atoms with Crippen LogP contribution in [0, 0.1) is 6.92 Å². The van der Waals surface area contributed by atoms with E-state index in [0.29, 0.717) is 33.1 Å². The summed E-state index contributed by atoms with van der Waals surface area (Å²) in [6, 6.07) is 18.1. The van der Waals surface area contributed by atoms with Crippen molar-refractivity contribution in [2.75, 3.05) is 12.4 Å². The maximum atomic E-state index is 12.5. The van der Waals surface area contributed by atoms with Gasteiger partial charge in [0.05, 0.1) is 22.9 Å². The predicted molar refractivity (Wildman–Crippen MR) is 128 cm³/mol. The number of aryl methyl sites for hydroxylation is 1. The number of aromatic nitrogens is 1. The molecule has 3 N–H and O–H groups in total. The molecule has 156 valence electrons. The number of anilines is 1. The minimum atomic E-state index is -0.349. The van der Waals surface area contributed by atoms with Crippen LogP contribution in [0.3, 0.4) is 0 Å². The van der Waals surface area contributed by atoms with Crippen molar-refractivity contribution in [3.05, 3.63) is 71.8 Å². The number of hydrogen-bond acceptors (Lipinski definition) is 6. The number of fused-ring (bicyclic) bond motifs is 1. The number of nitrogens with zero attached hydrogens (tertiary/aromatic N) is 1. The number of phenols is 1. The molecule has 6 nitrogen and oxygen atoms in total. The molecule has 0 bridgehead atoms. The zero-order valence-electron chi connectivity index (χ0n) is 16.8. The standard InChI is InChI=1S/C23H19N3O3S2/c1-13-10-15(24-23(30)26-21(28)14-6-5-7-16(11-14)29-2)12-17(20(13)27)22-25-18-8-3-4-9-19(18)31-22/h3-12,27H,1-2H3,(H2,24,26,28,30). The van der Waals surface area contributed by atoms with Crippen LogP contribution in [0.25, 0.3) is 20.8 Å². The Labute approximate surface area is 188 Å². The molecule has 0 fully saturated rings. The highest BCUT2D eigenvalue weighted by Crippen LogP contribution is 2.38. The summed E-state index contributed by atoms with van der Waals surface area (Å²) in [6.07, 6.45) is 0. The summed E-state index contributed by atoms with van der Waals surface area (Å²) in [4.78, 5) is 17.1. The SMILES string of the molecule is COc1cccc(C(=O)NC(=S)Nc2cc(C)c(O)c(-c3nc4ccccc4s3)c2)c1. The van der Waals surface area contributed by atoms with Crippen molar-refractivity contribution in [1.29, 1.82) is 0 Å². The van der Waals surface area contributed by atoms with Gasteiger partial charge in [-0.3, -0.25) is 10.1 Å². The van der Waals surface area contributed by atoms with E-state index in [2.05, 4.69) is 15.6 Å². The number of benzene rings is 3. The largest absolute Gasteiger partial charge is 0.507 e. The van der Waals surface area contributed by atoms with Crippen LogP contribution < -0.4 is 15.4 Å². The van der Waals surface area contributed by atoms with Crippen molar-refractivity contribution in [3.63, 3.8) is 0 Å². The first-order valence-electron chi connectivity index (χ1n) is 9.40. The van der Waals surface area contributed by atoms with Crippen LogP contribution >= 0.6 is 23.6 Å². The van der Waals surface area contributed by atoms with Gasteiger partial charge in [-0.25, -0.2) is 4.98 Å². The topological polar surface area (TPSA) is 83.5 Å². The van der Waals surface area contributed by atoms with Crippen LogP contribution in [0.1, 0.15) is 15.9 Å². The Morgan fingerprint density at radius 2 is 1.94 bits per heavy atom. The lowest BCUT2D eigenvalue weighted by atomic mass is 10.1. The van der Waals surface area contributed by atoms with Gasteiger partial charge in [-0.2, -0.15) is 0 Å². The van der Waals surface area contributed by atoms with E-state index in [1.165, 1.54) is 11.3 Å². The average molecular weight is 450 g/mol. The van der Waals surface area contributed by atoms with Crippen LogP contribution in [0.2, 0.25) is 0 Å². The Balaban J connectivity index is 1.55. The molecule has 1 aromatic heterocycles. The summed E-state index contributed by atoms with van der Waals surface area (Å²) >= 11 is 6.81. The van der Waals surface area contributed by atoms with Crippen LogP contribution in [0.15, 0.2) is 60.7 Å². The van der Waals surface area contributed by atoms with Crippen molar-refractivity contribution in [2.24, 2.45) is 0 Å². The van der Waals surface area contributed by atoms with Gasteiger partial charge in [-0.05, 0) is 67.2 Å². The highest BCUT2D eigenvalue weighted by molar-refractivity contribution is 7.80. The first kappa shape index (κ1) is 20.8. The van der Waals surface area contributed by atoms with E-state index in [1.807, 2.05) is 24.3 Å². The molecule has 0 atom stereocenters. The molecule has 0 radical (unpaired) electrons. The fourth-order valence-corrected chi connectivity index (χ4v) is 4.30. The average Bonchev–Trinajstić information content (AvgIpc) is 3.20. The molecular formula is C23H19N3O3S2. The quantitative estimate of drug-likeness (QED) is 0.297. The number of ether oxygens (including phenoxy) is 1. The molecular weight excluding hydrogens is 430 g/mol. The zero-order valence-corrected chi connectivity index (χ0v) is 18.4. The molecule has 4 aromatic rings. The van der Waals surface area contributed by atoms with Gasteiger partial charge in [0, 0.05) is 11.3 Å². The van der Waals surface area contributed by atoms with Gasteiger partial charge >= 0.3 is 0 Å². The molecule has 3 aromatic carbocycles. The van der Waals surface area contributed by atoms with Gasteiger partial charge in [0.2, 0.25) is 0 Å². The maximum absolute atomic E-state index is 12.5. The Kier molecular flexibility index (Phi) is 5.83. The van der Waals surface area contributed by atoms with Crippen molar-refractivity contribution in [1.82, 2.24) is 10.3 Å². The normalized spacial score (nSPS) is 10.6. The molecule has 1 amide bonds. The van der Waals surface area contributed by atoms with Crippen molar-refractivity contribution in [2.45, 2.75) is 6.92 Å². The first-order chi connectivity index (χ1) is 14.9. The molecule has 0 saturated heterocycles. The van der Waals surface area contributed by atoms with E-state index < -0.39 is 0 Å². The number of amides is 1. The lowest BCUT2D eigenvalue weighted by Gasteiger charge is -2.13. The minimum absolute atomic E-state index is 0.146. The number of nitrogens with one attached hydrogen (secondary N) is 2. The number of carbonyl (C=O) groups excluding carboxylic acids is 1.